The van der Waals surface area contributed by atoms with Crippen LogP contribution in [0.2, 0.25) is 5.04 Å². The molecule has 3 aromatic carbocycles. The highest BCUT2D eigenvalue weighted by Crippen LogP contribution is 2.37. The lowest BCUT2D eigenvalue weighted by Crippen LogP contribution is -2.68. The first-order valence-corrected chi connectivity index (χ1v) is 15.1. The van der Waals surface area contributed by atoms with Crippen molar-refractivity contribution in [2.24, 2.45) is 0 Å². The molecule has 0 aliphatic carbocycles. The van der Waals surface area contributed by atoms with Crippen molar-refractivity contribution in [3.8, 4) is 0 Å². The molecule has 0 bridgehead atoms. The topological polar surface area (TPSA) is 30.5 Å². The first-order chi connectivity index (χ1) is 17.4. The number of piperidine rings is 1. The molecule has 0 amide bonds. The SMILES string of the molecule is C=CC[C@@H]1CC[C@@H](OCc2ccccc2)[C@H](CO[Si](c2ccccc2)(c2ccccc2)C(C)(C)C)N1. The van der Waals surface area contributed by atoms with Crippen LogP contribution in [0, 0.1) is 0 Å². The van der Waals surface area contributed by atoms with Crippen LogP contribution in [0.15, 0.2) is 104 Å². The molecule has 1 saturated heterocycles. The number of hydrogen-bond acceptors (Lipinski definition) is 3. The maximum absolute atomic E-state index is 7.29. The molecule has 1 aliphatic heterocycles. The molecule has 4 rings (SSSR count). The Morgan fingerprint density at radius 2 is 1.42 bits per heavy atom. The van der Waals surface area contributed by atoms with Crippen molar-refractivity contribution in [2.45, 2.75) is 69.9 Å². The molecule has 0 aromatic heterocycles. The number of rotatable bonds is 10. The fourth-order valence-corrected chi connectivity index (χ4v) is 10.1. The van der Waals surface area contributed by atoms with Crippen molar-refractivity contribution in [1.82, 2.24) is 5.32 Å². The lowest BCUT2D eigenvalue weighted by Gasteiger charge is -2.45. The lowest BCUT2D eigenvalue weighted by atomic mass is 9.94. The van der Waals surface area contributed by atoms with Gasteiger partial charge in [0.05, 0.1) is 25.4 Å². The number of ether oxygens (including phenoxy) is 1. The predicted octanol–water partition coefficient (Wildman–Crippen LogP) is 5.85. The van der Waals surface area contributed by atoms with E-state index in [1.54, 1.807) is 0 Å². The van der Waals surface area contributed by atoms with E-state index in [4.69, 9.17) is 9.16 Å². The summed E-state index contributed by atoms with van der Waals surface area (Å²) in [5.41, 5.74) is 1.21. The van der Waals surface area contributed by atoms with E-state index in [2.05, 4.69) is 118 Å². The second-order valence-corrected chi connectivity index (χ2v) is 15.2. The van der Waals surface area contributed by atoms with Crippen LogP contribution in [0.3, 0.4) is 0 Å². The molecule has 3 nitrogen and oxygen atoms in total. The molecule has 4 heteroatoms. The van der Waals surface area contributed by atoms with Crippen molar-refractivity contribution in [1.29, 1.82) is 0 Å². The van der Waals surface area contributed by atoms with Crippen molar-refractivity contribution >= 4 is 18.7 Å². The van der Waals surface area contributed by atoms with Crippen molar-refractivity contribution < 1.29 is 9.16 Å². The molecule has 1 fully saturated rings. The minimum absolute atomic E-state index is 0.0503. The summed E-state index contributed by atoms with van der Waals surface area (Å²) in [6.45, 7) is 12.2. The summed E-state index contributed by atoms with van der Waals surface area (Å²) in [5.74, 6) is 0. The highest BCUT2D eigenvalue weighted by atomic mass is 28.4. The third-order valence-electron chi connectivity index (χ3n) is 7.35. The Morgan fingerprint density at radius 3 is 1.94 bits per heavy atom. The van der Waals surface area contributed by atoms with Gasteiger partial charge in [-0.2, -0.15) is 0 Å². The molecule has 0 unspecified atom stereocenters. The average Bonchev–Trinajstić information content (AvgIpc) is 2.90. The van der Waals surface area contributed by atoms with Crippen molar-refractivity contribution in [2.75, 3.05) is 6.61 Å². The molecule has 36 heavy (non-hydrogen) atoms. The third-order valence-corrected chi connectivity index (χ3v) is 12.4. The van der Waals surface area contributed by atoms with Crippen LogP contribution in [0.5, 0.6) is 0 Å². The Bertz CT molecular complexity index is 1030. The first-order valence-electron chi connectivity index (χ1n) is 13.2. The van der Waals surface area contributed by atoms with E-state index in [1.807, 2.05) is 12.1 Å². The van der Waals surface area contributed by atoms with Crippen LogP contribution >= 0.6 is 0 Å². The first kappa shape index (κ1) is 26.6. The fourth-order valence-electron chi connectivity index (χ4n) is 5.56. The highest BCUT2D eigenvalue weighted by Gasteiger charge is 2.50. The Hall–Kier alpha value is -2.50. The summed E-state index contributed by atoms with van der Waals surface area (Å²) >= 11 is 0. The summed E-state index contributed by atoms with van der Waals surface area (Å²) in [4.78, 5) is 0. The van der Waals surface area contributed by atoms with E-state index in [0.29, 0.717) is 19.3 Å². The monoisotopic (exact) mass is 499 g/mol. The second kappa shape index (κ2) is 12.2. The van der Waals surface area contributed by atoms with E-state index in [-0.39, 0.29) is 17.2 Å². The molecule has 190 valence electrons. The van der Waals surface area contributed by atoms with Gasteiger partial charge in [-0.25, -0.2) is 0 Å². The Labute approximate surface area is 218 Å². The zero-order chi connectivity index (χ0) is 25.4. The van der Waals surface area contributed by atoms with Gasteiger partial charge in [0.15, 0.2) is 0 Å². The zero-order valence-electron chi connectivity index (χ0n) is 22.0. The Morgan fingerprint density at radius 1 is 0.861 bits per heavy atom. The molecule has 0 saturated carbocycles. The van der Waals surface area contributed by atoms with E-state index in [0.717, 1.165) is 19.3 Å². The number of benzene rings is 3. The maximum atomic E-state index is 7.29. The molecule has 3 aromatic rings. The molecule has 1 aliphatic rings. The van der Waals surface area contributed by atoms with Gasteiger partial charge in [0.25, 0.3) is 8.32 Å². The molecule has 1 N–H and O–H groups in total. The number of hydrogen-bond donors (Lipinski definition) is 1. The third kappa shape index (κ3) is 6.07. The minimum atomic E-state index is -2.61. The van der Waals surface area contributed by atoms with Gasteiger partial charge in [-0.3, -0.25) is 0 Å². The van der Waals surface area contributed by atoms with Gasteiger partial charge in [0.2, 0.25) is 0 Å². The largest absolute Gasteiger partial charge is 0.406 e. The van der Waals surface area contributed by atoms with Crippen LogP contribution in [0.1, 0.15) is 45.6 Å². The molecular weight excluding hydrogens is 458 g/mol. The smallest absolute Gasteiger partial charge is 0.261 e. The second-order valence-electron chi connectivity index (χ2n) is 10.9. The van der Waals surface area contributed by atoms with Crippen LogP contribution in [-0.4, -0.2) is 33.1 Å². The molecule has 0 radical (unpaired) electrons. The van der Waals surface area contributed by atoms with Gasteiger partial charge >= 0.3 is 0 Å². The van der Waals surface area contributed by atoms with Crippen LogP contribution < -0.4 is 15.7 Å². The average molecular weight is 500 g/mol. The quantitative estimate of drug-likeness (QED) is 0.281. The van der Waals surface area contributed by atoms with Gasteiger partial charge in [-0.05, 0) is 40.2 Å². The van der Waals surface area contributed by atoms with E-state index >= 15 is 0 Å². The zero-order valence-corrected chi connectivity index (χ0v) is 23.0. The van der Waals surface area contributed by atoms with Crippen LogP contribution in [0.4, 0.5) is 0 Å². The molecule has 3 atom stereocenters. The standard InChI is InChI=1S/C32H41NO2Si/c1-5-15-27-22-23-31(34-24-26-16-9-6-10-17-26)30(33-27)25-35-36(32(2,3)4,28-18-11-7-12-19-28)29-20-13-8-14-21-29/h5-14,16-21,27,30-31,33H,1,15,22-25H2,2-4H3/t27-,30+,31-/m1/s1. The van der Waals surface area contributed by atoms with Gasteiger partial charge in [0, 0.05) is 6.04 Å². The highest BCUT2D eigenvalue weighted by molar-refractivity contribution is 6.99. The summed E-state index contributed by atoms with van der Waals surface area (Å²) < 4.78 is 13.8. The maximum Gasteiger partial charge on any atom is 0.261 e. The summed E-state index contributed by atoms with van der Waals surface area (Å²) in [6, 6.07) is 32.7. The van der Waals surface area contributed by atoms with Gasteiger partial charge in [0.1, 0.15) is 0 Å². The van der Waals surface area contributed by atoms with Crippen LogP contribution in [0.25, 0.3) is 0 Å². The minimum Gasteiger partial charge on any atom is -0.406 e. The Balaban J connectivity index is 1.63. The van der Waals surface area contributed by atoms with Crippen molar-refractivity contribution in [3.63, 3.8) is 0 Å². The Kier molecular flexibility index (Phi) is 8.97. The van der Waals surface area contributed by atoms with E-state index in [9.17, 15) is 0 Å². The lowest BCUT2D eigenvalue weighted by molar-refractivity contribution is -0.0231. The summed E-state index contributed by atoms with van der Waals surface area (Å²) in [6.07, 6.45) is 5.18. The van der Waals surface area contributed by atoms with Crippen LogP contribution in [-0.2, 0) is 15.8 Å². The van der Waals surface area contributed by atoms with E-state index < -0.39 is 8.32 Å². The number of nitrogens with one attached hydrogen (secondary N) is 1. The predicted molar refractivity (Wildman–Crippen MR) is 153 cm³/mol. The van der Waals surface area contributed by atoms with Crippen molar-refractivity contribution in [3.05, 3.63) is 109 Å². The molecule has 0 spiro atoms. The fraction of sp³-hybridized carbons (Fsp3) is 0.375. The van der Waals surface area contributed by atoms with Gasteiger partial charge in [-0.15, -0.1) is 6.58 Å². The summed E-state index contributed by atoms with van der Waals surface area (Å²) in [5, 5.41) is 6.44. The van der Waals surface area contributed by atoms with Gasteiger partial charge < -0.3 is 14.5 Å². The molecule has 1 heterocycles. The summed E-state index contributed by atoms with van der Waals surface area (Å²) in [7, 11) is -2.61. The molecular formula is C32H41NO2Si. The van der Waals surface area contributed by atoms with Gasteiger partial charge in [-0.1, -0.05) is 118 Å². The van der Waals surface area contributed by atoms with E-state index in [1.165, 1.54) is 15.9 Å². The normalized spacial score (nSPS) is 20.7.